The van der Waals surface area contributed by atoms with Crippen LogP contribution in [0.2, 0.25) is 0 Å². The Morgan fingerprint density at radius 2 is 2.08 bits per heavy atom. The SMILES string of the molecule is CCCC(C)C(=O)Nc1cc(-c2cc3ccccc3n2CC)[nH]n1. The second-order valence-corrected chi connectivity index (χ2v) is 6.18. The molecule has 0 bridgehead atoms. The van der Waals surface area contributed by atoms with Crippen LogP contribution < -0.4 is 5.32 Å². The molecule has 3 aromatic rings. The molecule has 0 radical (unpaired) electrons. The highest BCUT2D eigenvalue weighted by Gasteiger charge is 2.15. The molecule has 0 spiro atoms. The Bertz CT molecular complexity index is 846. The maximum absolute atomic E-state index is 12.1. The van der Waals surface area contributed by atoms with Crippen molar-refractivity contribution >= 4 is 22.6 Å². The van der Waals surface area contributed by atoms with E-state index in [1.165, 1.54) is 10.9 Å². The number of amides is 1. The fourth-order valence-electron chi connectivity index (χ4n) is 3.10. The summed E-state index contributed by atoms with van der Waals surface area (Å²) in [7, 11) is 0. The van der Waals surface area contributed by atoms with Crippen molar-refractivity contribution in [1.82, 2.24) is 14.8 Å². The fraction of sp³-hybridized carbons (Fsp3) is 0.368. The molecule has 126 valence electrons. The number of carbonyl (C=O) groups excluding carboxylic acids is 1. The summed E-state index contributed by atoms with van der Waals surface area (Å²) in [5, 5.41) is 11.4. The lowest BCUT2D eigenvalue weighted by molar-refractivity contribution is -0.119. The minimum Gasteiger partial charge on any atom is -0.340 e. The van der Waals surface area contributed by atoms with E-state index >= 15 is 0 Å². The first-order valence-electron chi connectivity index (χ1n) is 8.59. The van der Waals surface area contributed by atoms with Crippen molar-refractivity contribution < 1.29 is 4.79 Å². The van der Waals surface area contributed by atoms with Gasteiger partial charge in [-0.25, -0.2) is 0 Å². The molecular weight excluding hydrogens is 300 g/mol. The molecule has 0 fully saturated rings. The van der Waals surface area contributed by atoms with Crippen LogP contribution in [-0.2, 0) is 11.3 Å². The van der Waals surface area contributed by atoms with E-state index in [-0.39, 0.29) is 11.8 Å². The van der Waals surface area contributed by atoms with Crippen molar-refractivity contribution in [3.63, 3.8) is 0 Å². The van der Waals surface area contributed by atoms with Gasteiger partial charge < -0.3 is 9.88 Å². The maximum atomic E-state index is 12.1. The van der Waals surface area contributed by atoms with E-state index in [2.05, 4.69) is 52.1 Å². The molecule has 2 heterocycles. The zero-order valence-electron chi connectivity index (χ0n) is 14.5. The summed E-state index contributed by atoms with van der Waals surface area (Å²) in [6.07, 6.45) is 1.88. The van der Waals surface area contributed by atoms with E-state index < -0.39 is 0 Å². The number of hydrogen-bond donors (Lipinski definition) is 2. The molecule has 0 saturated carbocycles. The van der Waals surface area contributed by atoms with Gasteiger partial charge >= 0.3 is 0 Å². The fourth-order valence-corrected chi connectivity index (χ4v) is 3.10. The topological polar surface area (TPSA) is 62.7 Å². The number of para-hydroxylation sites is 1. The second kappa shape index (κ2) is 6.91. The molecule has 5 nitrogen and oxygen atoms in total. The van der Waals surface area contributed by atoms with Gasteiger partial charge in [-0.05, 0) is 25.5 Å². The zero-order chi connectivity index (χ0) is 17.1. The predicted octanol–water partition coefficient (Wildman–Crippen LogP) is 4.43. The molecule has 0 aliphatic rings. The number of anilines is 1. The van der Waals surface area contributed by atoms with Gasteiger partial charge in [-0.1, -0.05) is 38.5 Å². The van der Waals surface area contributed by atoms with Gasteiger partial charge in [-0.2, -0.15) is 5.10 Å². The number of nitrogens with zero attached hydrogens (tertiary/aromatic N) is 2. The number of nitrogens with one attached hydrogen (secondary N) is 2. The average Bonchev–Trinajstić information content (AvgIpc) is 3.18. The summed E-state index contributed by atoms with van der Waals surface area (Å²) in [4.78, 5) is 12.1. The van der Waals surface area contributed by atoms with Crippen LogP contribution in [0, 0.1) is 5.92 Å². The number of fused-ring (bicyclic) bond motifs is 1. The number of hydrogen-bond acceptors (Lipinski definition) is 2. The lowest BCUT2D eigenvalue weighted by Crippen LogP contribution is -2.20. The Kier molecular flexibility index (Phi) is 4.69. The van der Waals surface area contributed by atoms with Gasteiger partial charge in [0.15, 0.2) is 5.82 Å². The predicted molar refractivity (Wildman–Crippen MR) is 97.9 cm³/mol. The Morgan fingerprint density at radius 3 is 2.83 bits per heavy atom. The highest BCUT2D eigenvalue weighted by molar-refractivity contribution is 5.92. The lowest BCUT2D eigenvalue weighted by atomic mass is 10.1. The molecule has 0 aliphatic heterocycles. The first-order valence-corrected chi connectivity index (χ1v) is 8.59. The van der Waals surface area contributed by atoms with Gasteiger partial charge in [0.05, 0.1) is 11.4 Å². The quantitative estimate of drug-likeness (QED) is 0.705. The van der Waals surface area contributed by atoms with Gasteiger partial charge in [0.2, 0.25) is 5.91 Å². The smallest absolute Gasteiger partial charge is 0.228 e. The molecule has 1 aromatic carbocycles. The second-order valence-electron chi connectivity index (χ2n) is 6.18. The van der Waals surface area contributed by atoms with Crippen molar-refractivity contribution in [2.24, 2.45) is 5.92 Å². The summed E-state index contributed by atoms with van der Waals surface area (Å²) in [6.45, 7) is 7.03. The number of rotatable bonds is 6. The number of aromatic amines is 1. The molecule has 1 amide bonds. The number of aromatic nitrogens is 3. The van der Waals surface area contributed by atoms with Crippen LogP contribution in [0.15, 0.2) is 36.4 Å². The number of H-pyrrole nitrogens is 1. The normalized spacial score (nSPS) is 12.5. The Labute approximate surface area is 142 Å². The van der Waals surface area contributed by atoms with Crippen LogP contribution in [0.5, 0.6) is 0 Å². The molecule has 3 rings (SSSR count). The van der Waals surface area contributed by atoms with Crippen LogP contribution >= 0.6 is 0 Å². The summed E-state index contributed by atoms with van der Waals surface area (Å²) in [6, 6.07) is 12.4. The first-order chi connectivity index (χ1) is 11.6. The van der Waals surface area contributed by atoms with Crippen LogP contribution in [0.4, 0.5) is 5.82 Å². The van der Waals surface area contributed by atoms with Crippen LogP contribution in [0.3, 0.4) is 0 Å². The maximum Gasteiger partial charge on any atom is 0.228 e. The van der Waals surface area contributed by atoms with Crippen LogP contribution in [0.1, 0.15) is 33.6 Å². The number of benzene rings is 1. The third kappa shape index (κ3) is 3.07. The number of aryl methyl sites for hydroxylation is 1. The molecular formula is C19H24N4O. The Balaban J connectivity index is 1.87. The first kappa shape index (κ1) is 16.3. The lowest BCUT2D eigenvalue weighted by Gasteiger charge is -2.08. The third-order valence-electron chi connectivity index (χ3n) is 4.40. The summed E-state index contributed by atoms with van der Waals surface area (Å²) >= 11 is 0. The minimum absolute atomic E-state index is 0.00255. The summed E-state index contributed by atoms with van der Waals surface area (Å²) in [5.41, 5.74) is 3.19. The van der Waals surface area contributed by atoms with Crippen LogP contribution in [-0.4, -0.2) is 20.7 Å². The molecule has 2 aromatic heterocycles. The molecule has 1 unspecified atom stereocenters. The molecule has 0 aliphatic carbocycles. The molecule has 24 heavy (non-hydrogen) atoms. The minimum atomic E-state index is -0.00255. The zero-order valence-corrected chi connectivity index (χ0v) is 14.5. The van der Waals surface area contributed by atoms with Crippen molar-refractivity contribution in [3.8, 4) is 11.4 Å². The van der Waals surface area contributed by atoms with E-state index in [0.717, 1.165) is 30.8 Å². The highest BCUT2D eigenvalue weighted by atomic mass is 16.1. The van der Waals surface area contributed by atoms with Gasteiger partial charge in [0, 0.05) is 29.4 Å². The van der Waals surface area contributed by atoms with Gasteiger partial charge in [-0.3, -0.25) is 9.89 Å². The van der Waals surface area contributed by atoms with E-state index in [0.29, 0.717) is 5.82 Å². The van der Waals surface area contributed by atoms with E-state index in [4.69, 9.17) is 0 Å². The van der Waals surface area contributed by atoms with Crippen LogP contribution in [0.25, 0.3) is 22.3 Å². The summed E-state index contributed by atoms with van der Waals surface area (Å²) in [5.74, 6) is 0.592. The monoisotopic (exact) mass is 324 g/mol. The van der Waals surface area contributed by atoms with E-state index in [1.807, 2.05) is 25.1 Å². The van der Waals surface area contributed by atoms with E-state index in [9.17, 15) is 4.79 Å². The molecule has 0 saturated heterocycles. The van der Waals surface area contributed by atoms with Crippen molar-refractivity contribution in [1.29, 1.82) is 0 Å². The van der Waals surface area contributed by atoms with Crippen molar-refractivity contribution in [2.75, 3.05) is 5.32 Å². The highest BCUT2D eigenvalue weighted by Crippen LogP contribution is 2.28. The van der Waals surface area contributed by atoms with Gasteiger partial charge in [0.1, 0.15) is 0 Å². The van der Waals surface area contributed by atoms with Crippen molar-refractivity contribution in [2.45, 2.75) is 40.2 Å². The standard InChI is InChI=1S/C19H24N4O/c1-4-8-13(3)19(24)20-18-12-15(21-22-18)17-11-14-9-6-7-10-16(14)23(17)5-2/h6-7,9-13H,4-5,8H2,1-3H3,(H2,20,21,22,24). The Hall–Kier alpha value is -2.56. The van der Waals surface area contributed by atoms with E-state index in [1.54, 1.807) is 0 Å². The molecule has 1 atom stereocenters. The Morgan fingerprint density at radius 1 is 1.29 bits per heavy atom. The van der Waals surface area contributed by atoms with Gasteiger partial charge in [0.25, 0.3) is 0 Å². The largest absolute Gasteiger partial charge is 0.340 e. The average molecular weight is 324 g/mol. The molecule has 5 heteroatoms. The van der Waals surface area contributed by atoms with Crippen molar-refractivity contribution in [3.05, 3.63) is 36.4 Å². The number of carbonyl (C=O) groups is 1. The summed E-state index contributed by atoms with van der Waals surface area (Å²) < 4.78 is 2.24. The molecule has 2 N–H and O–H groups in total. The van der Waals surface area contributed by atoms with Gasteiger partial charge in [-0.15, -0.1) is 0 Å². The third-order valence-corrected chi connectivity index (χ3v) is 4.40.